The maximum atomic E-state index is 12.0. The van der Waals surface area contributed by atoms with Crippen LogP contribution in [0.25, 0.3) is 27.7 Å². The number of nitrogens with zero attached hydrogens (tertiary/aromatic N) is 1. The van der Waals surface area contributed by atoms with Crippen molar-refractivity contribution in [2.75, 3.05) is 4.90 Å². The van der Waals surface area contributed by atoms with Gasteiger partial charge in [-0.2, -0.15) is 0 Å². The zero-order chi connectivity index (χ0) is 26.6. The van der Waals surface area contributed by atoms with Gasteiger partial charge in [0.1, 0.15) is 11.5 Å². The molecule has 0 atom stereocenters. The number of fused-ring (bicyclic) bond motifs is 5. The molecule has 0 N–H and O–H groups in total. The minimum absolute atomic E-state index is 0.0242. The Morgan fingerprint density at radius 2 is 1.69 bits per heavy atom. The smallest absolute Gasteiger partial charge is 0.182 e. The summed E-state index contributed by atoms with van der Waals surface area (Å²) in [4.78, 5) is 14.5. The average molecular weight is 510 g/mol. The second kappa shape index (κ2) is 9.13. The lowest BCUT2D eigenvalue weighted by Gasteiger charge is -2.27. The molecule has 3 aromatic rings. The van der Waals surface area contributed by atoms with Gasteiger partial charge in [-0.1, -0.05) is 80.6 Å². The van der Waals surface area contributed by atoms with Gasteiger partial charge in [-0.3, -0.25) is 4.79 Å². The second-order valence-electron chi connectivity index (χ2n) is 11.3. The Kier molecular flexibility index (Phi) is 5.55. The van der Waals surface area contributed by atoms with Crippen molar-refractivity contribution in [1.82, 2.24) is 0 Å². The molecule has 3 aromatic carbocycles. The minimum atomic E-state index is -0.183. The fourth-order valence-electron chi connectivity index (χ4n) is 6.50. The maximum absolute atomic E-state index is 12.0. The molecule has 2 aliphatic heterocycles. The highest BCUT2D eigenvalue weighted by Crippen LogP contribution is 2.51. The third-order valence-corrected chi connectivity index (χ3v) is 8.38. The molecular weight excluding hydrogens is 478 g/mol. The summed E-state index contributed by atoms with van der Waals surface area (Å²) in [6.07, 6.45) is 7.61. The monoisotopic (exact) mass is 509 g/mol. The molecule has 192 valence electrons. The highest BCUT2D eigenvalue weighted by Gasteiger charge is 2.41. The number of benzene rings is 4. The van der Waals surface area contributed by atoms with Gasteiger partial charge in [0, 0.05) is 35.0 Å². The minimum Gasteiger partial charge on any atom is -0.456 e. The van der Waals surface area contributed by atoms with Crippen LogP contribution >= 0.6 is 0 Å². The number of rotatable bonds is 3. The van der Waals surface area contributed by atoms with E-state index in [0.717, 1.165) is 37.1 Å². The topological polar surface area (TPSA) is 33.5 Å². The van der Waals surface area contributed by atoms with Crippen molar-refractivity contribution in [2.24, 2.45) is 0 Å². The predicted molar refractivity (Wildman–Crippen MR) is 160 cm³/mol. The van der Waals surface area contributed by atoms with Crippen LogP contribution in [-0.2, 0) is 18.4 Å². The van der Waals surface area contributed by atoms with E-state index in [0.29, 0.717) is 5.76 Å². The van der Waals surface area contributed by atoms with Gasteiger partial charge >= 0.3 is 0 Å². The Hall–Kier alpha value is -4.37. The SMILES string of the molecule is CC1(C)C(=CC=C2CCCc3cc4ccc(=O)cc-4oc32)N(Cc2ccccc2)c2ccc3ccccc3c21. The van der Waals surface area contributed by atoms with Crippen LogP contribution in [0.1, 0.15) is 49.1 Å². The normalized spacial score (nSPS) is 18.2. The van der Waals surface area contributed by atoms with Crippen molar-refractivity contribution in [2.45, 2.75) is 45.1 Å². The molecule has 2 heterocycles. The molecule has 0 unspecified atom stereocenters. The summed E-state index contributed by atoms with van der Waals surface area (Å²) in [6, 6.07) is 31.2. The molecule has 0 saturated carbocycles. The zero-order valence-corrected chi connectivity index (χ0v) is 22.4. The molecule has 7 rings (SSSR count). The highest BCUT2D eigenvalue weighted by molar-refractivity contribution is 5.95. The quantitative estimate of drug-likeness (QED) is 0.244. The summed E-state index contributed by atoms with van der Waals surface area (Å²) >= 11 is 0. The summed E-state index contributed by atoms with van der Waals surface area (Å²) in [6.45, 7) is 5.49. The van der Waals surface area contributed by atoms with Crippen LogP contribution in [0.5, 0.6) is 0 Å². The van der Waals surface area contributed by atoms with Crippen molar-refractivity contribution in [3.8, 4) is 11.3 Å². The largest absolute Gasteiger partial charge is 0.456 e. The molecule has 0 fully saturated rings. The van der Waals surface area contributed by atoms with E-state index in [1.54, 1.807) is 12.1 Å². The number of allylic oxidation sites excluding steroid dienone is 4. The lowest BCUT2D eigenvalue weighted by Crippen LogP contribution is -2.25. The van der Waals surface area contributed by atoms with Crippen LogP contribution in [0.15, 0.2) is 118 Å². The average Bonchev–Trinajstić information content (AvgIpc) is 3.16. The lowest BCUT2D eigenvalue weighted by molar-refractivity contribution is 0.526. The molecule has 3 nitrogen and oxygen atoms in total. The third-order valence-electron chi connectivity index (χ3n) is 8.38. The Bertz CT molecular complexity index is 1810. The summed E-state index contributed by atoms with van der Waals surface area (Å²) in [7, 11) is 0. The van der Waals surface area contributed by atoms with E-state index < -0.39 is 0 Å². The first kappa shape index (κ1) is 23.7. The van der Waals surface area contributed by atoms with Gasteiger partial charge in [-0.15, -0.1) is 0 Å². The predicted octanol–water partition coefficient (Wildman–Crippen LogP) is 8.50. The van der Waals surface area contributed by atoms with E-state index in [4.69, 9.17) is 4.42 Å². The molecular formula is C36H31NO2. The Balaban J connectivity index is 1.39. The number of aryl methyl sites for hydroxylation is 1. The van der Waals surface area contributed by atoms with Gasteiger partial charge in [0.15, 0.2) is 5.43 Å². The zero-order valence-electron chi connectivity index (χ0n) is 22.4. The van der Waals surface area contributed by atoms with E-state index in [2.05, 4.69) is 104 Å². The first-order valence-corrected chi connectivity index (χ1v) is 13.8. The van der Waals surface area contributed by atoms with Crippen LogP contribution in [0.2, 0.25) is 0 Å². The Labute approximate surface area is 229 Å². The fraction of sp³-hybridized carbons (Fsp3) is 0.194. The van der Waals surface area contributed by atoms with Crippen molar-refractivity contribution < 1.29 is 4.42 Å². The van der Waals surface area contributed by atoms with E-state index >= 15 is 0 Å². The van der Waals surface area contributed by atoms with Crippen LogP contribution in [-0.4, -0.2) is 0 Å². The van der Waals surface area contributed by atoms with Crippen LogP contribution in [0.4, 0.5) is 5.69 Å². The first-order valence-electron chi connectivity index (χ1n) is 13.8. The summed E-state index contributed by atoms with van der Waals surface area (Å²) in [5.74, 6) is 1.58. The summed E-state index contributed by atoms with van der Waals surface area (Å²) in [5, 5.41) is 2.58. The van der Waals surface area contributed by atoms with Crippen LogP contribution in [0, 0.1) is 0 Å². The summed E-state index contributed by atoms with van der Waals surface area (Å²) < 4.78 is 6.38. The van der Waals surface area contributed by atoms with E-state index in [-0.39, 0.29) is 10.8 Å². The lowest BCUT2D eigenvalue weighted by atomic mass is 9.81. The Morgan fingerprint density at radius 3 is 2.56 bits per heavy atom. The summed E-state index contributed by atoms with van der Waals surface area (Å²) in [5.41, 5.74) is 8.41. The van der Waals surface area contributed by atoms with Crippen LogP contribution in [0.3, 0.4) is 0 Å². The third kappa shape index (κ3) is 4.01. The van der Waals surface area contributed by atoms with Crippen molar-refractivity contribution in [3.05, 3.63) is 142 Å². The number of anilines is 1. The van der Waals surface area contributed by atoms with E-state index in [1.165, 1.54) is 44.4 Å². The van der Waals surface area contributed by atoms with E-state index in [1.807, 2.05) is 6.07 Å². The van der Waals surface area contributed by atoms with Gasteiger partial charge in [0.05, 0.1) is 0 Å². The van der Waals surface area contributed by atoms with Gasteiger partial charge in [-0.25, -0.2) is 0 Å². The molecule has 0 aromatic heterocycles. The second-order valence-corrected chi connectivity index (χ2v) is 11.3. The molecule has 39 heavy (non-hydrogen) atoms. The molecule has 0 amide bonds. The van der Waals surface area contributed by atoms with Crippen molar-refractivity contribution in [1.29, 1.82) is 0 Å². The van der Waals surface area contributed by atoms with Gasteiger partial charge in [0.25, 0.3) is 0 Å². The molecule has 0 spiro atoms. The standard InChI is InChI=1S/C36H31NO2/c1-36(2)33(20-17-26-12-8-13-28-21-27-15-18-29(38)22-32(27)39-35(26)28)37(23-24-9-4-3-5-10-24)31-19-16-25-11-6-7-14-30(25)34(31)36/h3-7,9-11,14-22H,8,12-13,23H2,1-2H3. The molecule has 0 bridgehead atoms. The molecule has 0 saturated heterocycles. The number of hydrogen-bond donors (Lipinski definition) is 0. The molecule has 3 heteroatoms. The maximum Gasteiger partial charge on any atom is 0.182 e. The van der Waals surface area contributed by atoms with Crippen LogP contribution < -0.4 is 10.3 Å². The van der Waals surface area contributed by atoms with Gasteiger partial charge in [-0.05, 0) is 82.6 Å². The number of hydrogen-bond acceptors (Lipinski definition) is 3. The fourth-order valence-corrected chi connectivity index (χ4v) is 6.50. The van der Waals surface area contributed by atoms with Crippen molar-refractivity contribution in [3.63, 3.8) is 0 Å². The molecule has 4 aliphatic rings. The highest BCUT2D eigenvalue weighted by atomic mass is 16.3. The Morgan fingerprint density at radius 1 is 0.872 bits per heavy atom. The van der Waals surface area contributed by atoms with E-state index in [9.17, 15) is 4.79 Å². The molecule has 2 aliphatic carbocycles. The first-order chi connectivity index (χ1) is 19.0. The van der Waals surface area contributed by atoms with Gasteiger partial charge in [0.2, 0.25) is 0 Å². The van der Waals surface area contributed by atoms with Gasteiger partial charge < -0.3 is 9.32 Å². The molecule has 0 radical (unpaired) electrons. The van der Waals surface area contributed by atoms with Crippen molar-refractivity contribution >= 4 is 22.0 Å².